The number of esters is 1. The van der Waals surface area contributed by atoms with E-state index in [-0.39, 0.29) is 5.97 Å². The van der Waals surface area contributed by atoms with E-state index in [4.69, 9.17) is 10.5 Å². The summed E-state index contributed by atoms with van der Waals surface area (Å²) < 4.78 is 5.39. The molecule has 0 bridgehead atoms. The fourth-order valence-electron chi connectivity index (χ4n) is 3.42. The normalized spacial score (nSPS) is 20.0. The molecule has 3 N–H and O–H groups in total. The van der Waals surface area contributed by atoms with Crippen molar-refractivity contribution in [2.45, 2.75) is 19.9 Å². The molecule has 1 aliphatic rings. The van der Waals surface area contributed by atoms with E-state index < -0.39 is 5.41 Å². The largest absolute Gasteiger partial charge is 0.465 e. The van der Waals surface area contributed by atoms with Crippen LogP contribution in [-0.4, -0.2) is 42.1 Å². The molecule has 1 atom stereocenters. The number of likely N-dealkylation sites (tertiary alicyclic amines) is 1. The van der Waals surface area contributed by atoms with Crippen LogP contribution in [0.2, 0.25) is 0 Å². The van der Waals surface area contributed by atoms with Crippen LogP contribution in [0.1, 0.15) is 18.9 Å². The second-order valence-electron chi connectivity index (χ2n) is 6.74. The Kier molecular flexibility index (Phi) is 5.73. The number of nitrogen functional groups attached to an aromatic ring is 1. The fraction of sp³-hybridized carbons (Fsp3) is 0.400. The Morgan fingerprint density at radius 2 is 2.12 bits per heavy atom. The number of nitrogens with two attached hydrogens (primary N) is 1. The van der Waals surface area contributed by atoms with Gasteiger partial charge in [-0.05, 0) is 37.6 Å². The Morgan fingerprint density at radius 3 is 2.85 bits per heavy atom. The van der Waals surface area contributed by atoms with Gasteiger partial charge in [-0.2, -0.15) is 0 Å². The summed E-state index contributed by atoms with van der Waals surface area (Å²) >= 11 is 0. The van der Waals surface area contributed by atoms with E-state index in [1.807, 2.05) is 25.1 Å². The first kappa shape index (κ1) is 18.2. The van der Waals surface area contributed by atoms with Crippen LogP contribution < -0.4 is 11.1 Å². The number of nitrogens with zero attached hydrogens (tertiary/aromatic N) is 2. The number of hydrogen-bond donors (Lipinski definition) is 2. The Labute approximate surface area is 154 Å². The minimum Gasteiger partial charge on any atom is -0.465 e. The second-order valence-corrected chi connectivity index (χ2v) is 6.74. The van der Waals surface area contributed by atoms with Gasteiger partial charge < -0.3 is 15.8 Å². The lowest BCUT2D eigenvalue weighted by Crippen LogP contribution is -2.42. The molecule has 0 radical (unpaired) electrons. The van der Waals surface area contributed by atoms with Gasteiger partial charge in [0.15, 0.2) is 0 Å². The minimum absolute atomic E-state index is 0.155. The van der Waals surface area contributed by atoms with E-state index in [0.29, 0.717) is 31.2 Å². The van der Waals surface area contributed by atoms with Crippen molar-refractivity contribution in [3.05, 3.63) is 54.2 Å². The molecule has 0 saturated carbocycles. The zero-order valence-corrected chi connectivity index (χ0v) is 15.1. The maximum absolute atomic E-state index is 12.7. The summed E-state index contributed by atoms with van der Waals surface area (Å²) in [4.78, 5) is 19.3. The van der Waals surface area contributed by atoms with Gasteiger partial charge in [0, 0.05) is 25.8 Å². The number of pyridine rings is 1. The summed E-state index contributed by atoms with van der Waals surface area (Å²) in [6.07, 6.45) is 2.44. The molecule has 138 valence electrons. The minimum atomic E-state index is -0.589. The van der Waals surface area contributed by atoms with Crippen LogP contribution >= 0.6 is 0 Å². The number of ether oxygens (including phenoxy) is 1. The summed E-state index contributed by atoms with van der Waals surface area (Å²) in [6, 6.07) is 13.9. The Morgan fingerprint density at radius 1 is 1.31 bits per heavy atom. The topological polar surface area (TPSA) is 80.5 Å². The molecule has 2 heterocycles. The van der Waals surface area contributed by atoms with Crippen molar-refractivity contribution in [1.82, 2.24) is 9.88 Å². The average molecular weight is 354 g/mol. The van der Waals surface area contributed by atoms with E-state index in [9.17, 15) is 4.79 Å². The molecule has 0 amide bonds. The third-order valence-corrected chi connectivity index (χ3v) is 4.82. The Hall–Kier alpha value is -2.60. The van der Waals surface area contributed by atoms with Crippen molar-refractivity contribution in [2.24, 2.45) is 5.41 Å². The van der Waals surface area contributed by atoms with Crippen LogP contribution in [0.15, 0.2) is 48.7 Å². The van der Waals surface area contributed by atoms with Crippen LogP contribution in [0.25, 0.3) is 0 Å². The monoisotopic (exact) mass is 354 g/mol. The molecular formula is C20H26N4O2. The number of carbonyl (C=O) groups excluding carboxylic acids is 1. The number of nitrogens with one attached hydrogen (secondary N) is 1. The van der Waals surface area contributed by atoms with Gasteiger partial charge in [-0.3, -0.25) is 9.69 Å². The molecule has 0 aliphatic carbocycles. The highest BCUT2D eigenvalue weighted by atomic mass is 16.5. The molecule has 1 saturated heterocycles. The third kappa shape index (κ3) is 4.14. The number of rotatable bonds is 7. The lowest BCUT2D eigenvalue weighted by atomic mass is 9.87. The number of carbonyl (C=O) groups is 1. The lowest BCUT2D eigenvalue weighted by molar-refractivity contribution is -0.153. The predicted molar refractivity (Wildman–Crippen MR) is 103 cm³/mol. The summed E-state index contributed by atoms with van der Waals surface area (Å²) in [5, 5.41) is 3.26. The van der Waals surface area contributed by atoms with Gasteiger partial charge in [-0.15, -0.1) is 0 Å². The van der Waals surface area contributed by atoms with E-state index in [1.54, 1.807) is 18.3 Å². The van der Waals surface area contributed by atoms with E-state index in [0.717, 1.165) is 19.5 Å². The maximum Gasteiger partial charge on any atom is 0.315 e. The van der Waals surface area contributed by atoms with Crippen LogP contribution in [0.4, 0.5) is 11.5 Å². The number of anilines is 2. The smallest absolute Gasteiger partial charge is 0.315 e. The highest BCUT2D eigenvalue weighted by Crippen LogP contribution is 2.33. The standard InChI is InChI=1S/C20H26N4O2/c1-2-26-19(25)20(14-23-18-17(21)9-6-11-22-18)10-12-24(15-20)13-16-7-4-3-5-8-16/h3-9,11H,2,10,12-15,21H2,1H3,(H,22,23). The SMILES string of the molecule is CCOC(=O)C1(CNc2ncccc2N)CCN(Cc2ccccc2)C1. The Bertz CT molecular complexity index is 738. The van der Waals surface area contributed by atoms with Crippen LogP contribution in [0.3, 0.4) is 0 Å². The first-order chi connectivity index (χ1) is 12.6. The first-order valence-electron chi connectivity index (χ1n) is 9.01. The maximum atomic E-state index is 12.7. The van der Waals surface area contributed by atoms with Gasteiger partial charge in [0.05, 0.1) is 17.7 Å². The zero-order chi connectivity index (χ0) is 18.4. The molecule has 1 aromatic carbocycles. The van der Waals surface area contributed by atoms with Gasteiger partial charge in [-0.25, -0.2) is 4.98 Å². The van der Waals surface area contributed by atoms with Crippen molar-refractivity contribution >= 4 is 17.5 Å². The first-order valence-corrected chi connectivity index (χ1v) is 9.01. The molecule has 1 aliphatic heterocycles. The number of hydrogen-bond acceptors (Lipinski definition) is 6. The number of aromatic nitrogens is 1. The predicted octanol–water partition coefficient (Wildman–Crippen LogP) is 2.53. The van der Waals surface area contributed by atoms with Crippen molar-refractivity contribution in [2.75, 3.05) is 37.3 Å². The summed E-state index contributed by atoms with van der Waals surface area (Å²) in [7, 11) is 0. The van der Waals surface area contributed by atoms with Gasteiger partial charge in [0.1, 0.15) is 5.82 Å². The molecule has 1 unspecified atom stereocenters. The zero-order valence-electron chi connectivity index (χ0n) is 15.1. The van der Waals surface area contributed by atoms with Gasteiger partial charge in [0.25, 0.3) is 0 Å². The van der Waals surface area contributed by atoms with Crippen molar-refractivity contribution < 1.29 is 9.53 Å². The average Bonchev–Trinajstić information content (AvgIpc) is 3.06. The molecule has 2 aromatic rings. The van der Waals surface area contributed by atoms with Crippen molar-refractivity contribution in [3.63, 3.8) is 0 Å². The van der Waals surface area contributed by atoms with E-state index in [1.165, 1.54) is 5.56 Å². The molecular weight excluding hydrogens is 328 g/mol. The van der Waals surface area contributed by atoms with Crippen molar-refractivity contribution in [1.29, 1.82) is 0 Å². The van der Waals surface area contributed by atoms with Crippen molar-refractivity contribution in [3.8, 4) is 0 Å². The van der Waals surface area contributed by atoms with Crippen LogP contribution in [0.5, 0.6) is 0 Å². The summed E-state index contributed by atoms with van der Waals surface area (Å²) in [5.74, 6) is 0.454. The summed E-state index contributed by atoms with van der Waals surface area (Å²) in [5.41, 5.74) is 7.19. The summed E-state index contributed by atoms with van der Waals surface area (Å²) in [6.45, 7) is 5.01. The second kappa shape index (κ2) is 8.19. The highest BCUT2D eigenvalue weighted by molar-refractivity contribution is 5.78. The quantitative estimate of drug-likeness (QED) is 0.744. The highest BCUT2D eigenvalue weighted by Gasteiger charge is 2.45. The van der Waals surface area contributed by atoms with Gasteiger partial charge in [-0.1, -0.05) is 30.3 Å². The molecule has 0 spiro atoms. The molecule has 26 heavy (non-hydrogen) atoms. The molecule has 1 fully saturated rings. The molecule has 6 nitrogen and oxygen atoms in total. The van der Waals surface area contributed by atoms with Gasteiger partial charge in [0.2, 0.25) is 0 Å². The number of benzene rings is 1. The molecule has 3 rings (SSSR count). The molecule has 1 aromatic heterocycles. The fourth-order valence-corrected chi connectivity index (χ4v) is 3.42. The lowest BCUT2D eigenvalue weighted by Gasteiger charge is -2.28. The van der Waals surface area contributed by atoms with Gasteiger partial charge >= 0.3 is 5.97 Å². The Balaban J connectivity index is 1.71. The van der Waals surface area contributed by atoms with Crippen LogP contribution in [0, 0.1) is 5.41 Å². The van der Waals surface area contributed by atoms with Crippen LogP contribution in [-0.2, 0) is 16.1 Å². The molecule has 6 heteroatoms. The third-order valence-electron chi connectivity index (χ3n) is 4.82. The van der Waals surface area contributed by atoms with E-state index in [2.05, 4.69) is 27.3 Å². The van der Waals surface area contributed by atoms with E-state index >= 15 is 0 Å².